The number of carboxylic acid groups (broad SMARTS) is 1. The molecular formula is C8H4F3NO3. The molecule has 1 aromatic rings. The third-order valence-corrected chi connectivity index (χ3v) is 1.60. The number of nitroso groups, excluding NO2 is 1. The van der Waals surface area contributed by atoms with Crippen molar-refractivity contribution in [1.82, 2.24) is 0 Å². The van der Waals surface area contributed by atoms with Gasteiger partial charge < -0.3 is 5.11 Å². The van der Waals surface area contributed by atoms with E-state index in [9.17, 15) is 22.9 Å². The standard InChI is InChI=1S/C8H4F3NO3/c9-8(10,11)5-1-4(7(13)14)2-6(3-5)12-15/h1-3H,(H,13,14). The second kappa shape index (κ2) is 3.68. The van der Waals surface area contributed by atoms with Gasteiger partial charge in [0.25, 0.3) is 0 Å². The summed E-state index contributed by atoms with van der Waals surface area (Å²) in [6.45, 7) is 0. The minimum Gasteiger partial charge on any atom is -0.478 e. The SMILES string of the molecule is O=Nc1cc(C(=O)O)cc(C(F)(F)F)c1. The predicted molar refractivity (Wildman–Crippen MR) is 43.9 cm³/mol. The molecule has 0 aliphatic rings. The van der Waals surface area contributed by atoms with E-state index in [4.69, 9.17) is 5.11 Å². The summed E-state index contributed by atoms with van der Waals surface area (Å²) < 4.78 is 36.6. The van der Waals surface area contributed by atoms with Crippen molar-refractivity contribution in [3.63, 3.8) is 0 Å². The molecule has 15 heavy (non-hydrogen) atoms. The van der Waals surface area contributed by atoms with Gasteiger partial charge in [0.15, 0.2) is 0 Å². The highest BCUT2D eigenvalue weighted by Gasteiger charge is 2.31. The summed E-state index contributed by atoms with van der Waals surface area (Å²) in [6, 6.07) is 1.70. The van der Waals surface area contributed by atoms with Crippen LogP contribution < -0.4 is 0 Å². The van der Waals surface area contributed by atoms with Crippen LogP contribution in [0.3, 0.4) is 0 Å². The Morgan fingerprint density at radius 1 is 1.27 bits per heavy atom. The van der Waals surface area contributed by atoms with Crippen molar-refractivity contribution in [3.05, 3.63) is 34.2 Å². The van der Waals surface area contributed by atoms with E-state index in [0.717, 1.165) is 6.07 Å². The molecule has 0 radical (unpaired) electrons. The lowest BCUT2D eigenvalue weighted by molar-refractivity contribution is -0.137. The molecule has 0 aliphatic carbocycles. The molecule has 1 rings (SSSR count). The van der Waals surface area contributed by atoms with Gasteiger partial charge in [0, 0.05) is 0 Å². The number of carboxylic acids is 1. The molecular weight excluding hydrogens is 215 g/mol. The second-order valence-electron chi connectivity index (χ2n) is 2.66. The summed E-state index contributed by atoms with van der Waals surface area (Å²) in [5.74, 6) is -1.55. The maximum Gasteiger partial charge on any atom is 0.416 e. The van der Waals surface area contributed by atoms with E-state index in [0.29, 0.717) is 12.1 Å². The van der Waals surface area contributed by atoms with Crippen LogP contribution >= 0.6 is 0 Å². The highest BCUT2D eigenvalue weighted by atomic mass is 19.4. The van der Waals surface area contributed by atoms with Crippen molar-refractivity contribution in [2.45, 2.75) is 6.18 Å². The topological polar surface area (TPSA) is 66.7 Å². The van der Waals surface area contributed by atoms with Gasteiger partial charge in [-0.15, -0.1) is 4.91 Å². The Hall–Kier alpha value is -1.92. The van der Waals surface area contributed by atoms with Crippen LogP contribution in [0.25, 0.3) is 0 Å². The van der Waals surface area contributed by atoms with Crippen LogP contribution in [0.1, 0.15) is 15.9 Å². The lowest BCUT2D eigenvalue weighted by Crippen LogP contribution is -2.07. The molecule has 1 aromatic carbocycles. The molecule has 0 heterocycles. The molecule has 0 saturated carbocycles. The zero-order chi connectivity index (χ0) is 11.6. The first kappa shape index (κ1) is 11.2. The van der Waals surface area contributed by atoms with Crippen LogP contribution in [0.5, 0.6) is 0 Å². The number of halogens is 3. The summed E-state index contributed by atoms with van der Waals surface area (Å²) in [6.07, 6.45) is -4.70. The normalized spacial score (nSPS) is 11.1. The molecule has 0 amide bonds. The third-order valence-electron chi connectivity index (χ3n) is 1.60. The van der Waals surface area contributed by atoms with Gasteiger partial charge in [-0.1, -0.05) is 0 Å². The van der Waals surface area contributed by atoms with E-state index < -0.39 is 29.0 Å². The first-order chi connectivity index (χ1) is 6.84. The smallest absolute Gasteiger partial charge is 0.416 e. The fourth-order valence-electron chi connectivity index (χ4n) is 0.951. The Bertz CT molecular complexity index is 414. The van der Waals surface area contributed by atoms with E-state index in [1.165, 1.54) is 0 Å². The number of carbonyl (C=O) groups is 1. The van der Waals surface area contributed by atoms with Gasteiger partial charge in [0.2, 0.25) is 0 Å². The van der Waals surface area contributed by atoms with Crippen molar-refractivity contribution in [2.24, 2.45) is 5.18 Å². The van der Waals surface area contributed by atoms with E-state index in [2.05, 4.69) is 5.18 Å². The number of hydrogen-bond donors (Lipinski definition) is 1. The van der Waals surface area contributed by atoms with Crippen molar-refractivity contribution < 1.29 is 23.1 Å². The molecule has 0 bridgehead atoms. The first-order valence-corrected chi connectivity index (χ1v) is 3.63. The summed E-state index contributed by atoms with van der Waals surface area (Å²) in [7, 11) is 0. The Morgan fingerprint density at radius 3 is 2.27 bits per heavy atom. The highest BCUT2D eigenvalue weighted by Crippen LogP contribution is 2.32. The van der Waals surface area contributed by atoms with Gasteiger partial charge in [-0.05, 0) is 23.4 Å². The van der Waals surface area contributed by atoms with Gasteiger partial charge in [-0.3, -0.25) is 0 Å². The van der Waals surface area contributed by atoms with E-state index in [1.54, 1.807) is 0 Å². The first-order valence-electron chi connectivity index (χ1n) is 3.63. The van der Waals surface area contributed by atoms with Gasteiger partial charge in [-0.25, -0.2) is 4.79 Å². The average Bonchev–Trinajstić information content (AvgIpc) is 2.15. The monoisotopic (exact) mass is 219 g/mol. The molecule has 80 valence electrons. The molecule has 0 aromatic heterocycles. The molecule has 0 unspecified atom stereocenters. The van der Waals surface area contributed by atoms with Crippen LogP contribution in [-0.2, 0) is 6.18 Å². The highest BCUT2D eigenvalue weighted by molar-refractivity contribution is 5.89. The predicted octanol–water partition coefficient (Wildman–Crippen LogP) is 2.80. The fourth-order valence-corrected chi connectivity index (χ4v) is 0.951. The summed E-state index contributed by atoms with van der Waals surface area (Å²) in [5, 5.41) is 10.8. The molecule has 7 heteroatoms. The quantitative estimate of drug-likeness (QED) is 0.777. The molecule has 0 fully saturated rings. The van der Waals surface area contributed by atoms with Crippen LogP contribution in [0.2, 0.25) is 0 Å². The van der Waals surface area contributed by atoms with Gasteiger partial charge >= 0.3 is 12.1 Å². The summed E-state index contributed by atoms with van der Waals surface area (Å²) in [5.41, 5.74) is -2.40. The van der Waals surface area contributed by atoms with Crippen molar-refractivity contribution in [2.75, 3.05) is 0 Å². The molecule has 4 nitrogen and oxygen atoms in total. The number of alkyl halides is 3. The number of nitrogens with zero attached hydrogens (tertiary/aromatic N) is 1. The summed E-state index contributed by atoms with van der Waals surface area (Å²) >= 11 is 0. The second-order valence-corrected chi connectivity index (χ2v) is 2.66. The fraction of sp³-hybridized carbons (Fsp3) is 0.125. The zero-order valence-electron chi connectivity index (χ0n) is 7.08. The largest absolute Gasteiger partial charge is 0.478 e. The molecule has 0 spiro atoms. The Labute approximate surface area is 81.3 Å². The van der Waals surface area contributed by atoms with Crippen LogP contribution in [0.15, 0.2) is 23.4 Å². The van der Waals surface area contributed by atoms with E-state index in [-0.39, 0.29) is 0 Å². The van der Waals surface area contributed by atoms with Gasteiger partial charge in [0.05, 0.1) is 11.1 Å². The Morgan fingerprint density at radius 2 is 1.87 bits per heavy atom. The molecule has 1 N–H and O–H groups in total. The lowest BCUT2D eigenvalue weighted by Gasteiger charge is -2.07. The molecule has 0 atom stereocenters. The number of benzene rings is 1. The maximum absolute atomic E-state index is 12.2. The lowest BCUT2D eigenvalue weighted by atomic mass is 10.1. The molecule has 0 saturated heterocycles. The summed E-state index contributed by atoms with van der Waals surface area (Å²) in [4.78, 5) is 20.5. The van der Waals surface area contributed by atoms with Gasteiger partial charge in [-0.2, -0.15) is 13.2 Å². The van der Waals surface area contributed by atoms with Crippen LogP contribution in [0, 0.1) is 4.91 Å². The van der Waals surface area contributed by atoms with Crippen LogP contribution in [-0.4, -0.2) is 11.1 Å². The maximum atomic E-state index is 12.2. The van der Waals surface area contributed by atoms with E-state index >= 15 is 0 Å². The third kappa shape index (κ3) is 2.52. The number of aromatic carboxylic acids is 1. The minimum absolute atomic E-state index is 0.441. The van der Waals surface area contributed by atoms with Gasteiger partial charge in [0.1, 0.15) is 5.69 Å². The average molecular weight is 219 g/mol. The van der Waals surface area contributed by atoms with Crippen LogP contribution in [0.4, 0.5) is 18.9 Å². The van der Waals surface area contributed by atoms with Crippen molar-refractivity contribution in [1.29, 1.82) is 0 Å². The number of hydrogen-bond acceptors (Lipinski definition) is 3. The Balaban J connectivity index is 3.36. The van der Waals surface area contributed by atoms with Crippen molar-refractivity contribution >= 4 is 11.7 Å². The number of rotatable bonds is 2. The zero-order valence-corrected chi connectivity index (χ0v) is 7.08. The molecule has 0 aliphatic heterocycles. The van der Waals surface area contributed by atoms with E-state index in [1.807, 2.05) is 0 Å². The minimum atomic E-state index is -4.70. The van der Waals surface area contributed by atoms with Crippen molar-refractivity contribution in [3.8, 4) is 0 Å². The Kier molecular flexibility index (Phi) is 2.74.